The van der Waals surface area contributed by atoms with Gasteiger partial charge >= 0.3 is 0 Å². The molecule has 1 aromatic heterocycles. The highest BCUT2D eigenvalue weighted by molar-refractivity contribution is 6.12. The fourth-order valence-electron chi connectivity index (χ4n) is 3.45. The molecule has 28 heavy (non-hydrogen) atoms. The second-order valence-electron chi connectivity index (χ2n) is 6.30. The summed E-state index contributed by atoms with van der Waals surface area (Å²) < 4.78 is 29.9. The van der Waals surface area contributed by atoms with E-state index in [1.165, 1.54) is 33.6 Å². The molecule has 0 radical (unpaired) electrons. The molecule has 0 bridgehead atoms. The number of fused-ring (bicyclic) bond motifs is 2. The maximum atomic E-state index is 14.2. The second kappa shape index (κ2) is 6.95. The van der Waals surface area contributed by atoms with Crippen LogP contribution < -0.4 is 19.1 Å². The molecule has 0 N–H and O–H groups in total. The van der Waals surface area contributed by atoms with Gasteiger partial charge in [0.2, 0.25) is 0 Å². The highest BCUT2D eigenvalue weighted by Gasteiger charge is 2.29. The summed E-state index contributed by atoms with van der Waals surface area (Å²) in [6.07, 6.45) is 2.09. The molecule has 0 aliphatic carbocycles. The number of halogens is 1. The van der Waals surface area contributed by atoms with Gasteiger partial charge in [-0.15, -0.1) is 0 Å². The number of anilines is 1. The first-order valence-electron chi connectivity index (χ1n) is 8.63. The Morgan fingerprint density at radius 3 is 2.43 bits per heavy atom. The number of benzene rings is 2. The Kier molecular flexibility index (Phi) is 4.46. The number of carbonyl (C=O) groups excluding carboxylic acids is 1. The van der Waals surface area contributed by atoms with Gasteiger partial charge in [-0.05, 0) is 30.2 Å². The number of hydrogen-bond donors (Lipinski definition) is 0. The SMILES string of the molecule is COc1cc2c(cc1F)C(=O)N(c1cnnc3cc(OC)c(OC)cc13)CC2. The zero-order valence-electron chi connectivity index (χ0n) is 15.7. The number of amides is 1. The Morgan fingerprint density at radius 1 is 1.00 bits per heavy atom. The highest BCUT2D eigenvalue weighted by Crippen LogP contribution is 2.37. The van der Waals surface area contributed by atoms with Crippen LogP contribution in [0.2, 0.25) is 0 Å². The fraction of sp³-hybridized carbons (Fsp3) is 0.250. The standard InChI is InChI=1S/C20H18FN3O4/c1-26-17-6-11-4-5-24(20(25)12(11)7-14(17)21)16-10-22-23-15-9-19(28-3)18(27-2)8-13(15)16/h6-10H,4-5H2,1-3H3. The van der Waals surface area contributed by atoms with E-state index in [4.69, 9.17) is 14.2 Å². The summed E-state index contributed by atoms with van der Waals surface area (Å²) in [7, 11) is 4.48. The topological polar surface area (TPSA) is 73.8 Å². The van der Waals surface area contributed by atoms with Crippen molar-refractivity contribution < 1.29 is 23.4 Å². The average Bonchev–Trinajstić information content (AvgIpc) is 2.72. The molecule has 2 heterocycles. The van der Waals surface area contributed by atoms with Crippen molar-refractivity contribution in [2.75, 3.05) is 32.8 Å². The van der Waals surface area contributed by atoms with E-state index in [2.05, 4.69) is 10.2 Å². The van der Waals surface area contributed by atoms with Crippen molar-refractivity contribution in [3.8, 4) is 17.2 Å². The number of methoxy groups -OCH3 is 3. The minimum Gasteiger partial charge on any atom is -0.494 e. The summed E-state index contributed by atoms with van der Waals surface area (Å²) in [4.78, 5) is 14.7. The Morgan fingerprint density at radius 2 is 1.71 bits per heavy atom. The minimum atomic E-state index is -0.569. The van der Waals surface area contributed by atoms with Crippen LogP contribution in [0, 0.1) is 5.82 Å². The van der Waals surface area contributed by atoms with Crippen LogP contribution in [0.25, 0.3) is 10.9 Å². The zero-order valence-corrected chi connectivity index (χ0v) is 15.7. The molecule has 0 spiro atoms. The van der Waals surface area contributed by atoms with Gasteiger partial charge in [0, 0.05) is 23.6 Å². The first-order valence-corrected chi connectivity index (χ1v) is 8.63. The molecule has 0 unspecified atom stereocenters. The van der Waals surface area contributed by atoms with Crippen LogP contribution in [0.5, 0.6) is 17.2 Å². The van der Waals surface area contributed by atoms with E-state index in [1.54, 1.807) is 23.1 Å². The molecule has 0 fully saturated rings. The van der Waals surface area contributed by atoms with Crippen molar-refractivity contribution in [2.24, 2.45) is 0 Å². The molecular weight excluding hydrogens is 365 g/mol. The maximum absolute atomic E-state index is 14.2. The van der Waals surface area contributed by atoms with Crippen LogP contribution in [-0.4, -0.2) is 44.0 Å². The first kappa shape index (κ1) is 18.0. The Balaban J connectivity index is 1.83. The van der Waals surface area contributed by atoms with Gasteiger partial charge in [0.15, 0.2) is 23.1 Å². The first-order chi connectivity index (χ1) is 13.6. The van der Waals surface area contributed by atoms with Crippen LogP contribution in [0.4, 0.5) is 10.1 Å². The van der Waals surface area contributed by atoms with Crippen LogP contribution in [0.3, 0.4) is 0 Å². The molecule has 4 rings (SSSR count). The lowest BCUT2D eigenvalue weighted by atomic mass is 9.97. The van der Waals surface area contributed by atoms with Gasteiger partial charge in [-0.1, -0.05) is 0 Å². The van der Waals surface area contributed by atoms with E-state index in [-0.39, 0.29) is 11.7 Å². The molecule has 7 nitrogen and oxygen atoms in total. The lowest BCUT2D eigenvalue weighted by molar-refractivity contribution is 0.0980. The molecule has 1 aliphatic heterocycles. The van der Waals surface area contributed by atoms with Crippen molar-refractivity contribution in [1.29, 1.82) is 0 Å². The van der Waals surface area contributed by atoms with E-state index < -0.39 is 5.82 Å². The van der Waals surface area contributed by atoms with Gasteiger partial charge in [0.1, 0.15) is 0 Å². The Hall–Kier alpha value is -3.42. The van der Waals surface area contributed by atoms with Gasteiger partial charge in [0.25, 0.3) is 5.91 Å². The summed E-state index contributed by atoms with van der Waals surface area (Å²) in [5, 5.41) is 8.84. The van der Waals surface area contributed by atoms with E-state index in [0.717, 1.165) is 5.56 Å². The summed E-state index contributed by atoms with van der Waals surface area (Å²) in [6.45, 7) is 0.426. The lowest BCUT2D eigenvalue weighted by Crippen LogP contribution is -2.38. The van der Waals surface area contributed by atoms with Crippen LogP contribution in [-0.2, 0) is 6.42 Å². The number of aromatic nitrogens is 2. The van der Waals surface area contributed by atoms with Crippen LogP contribution >= 0.6 is 0 Å². The normalized spacial score (nSPS) is 13.4. The van der Waals surface area contributed by atoms with E-state index >= 15 is 0 Å². The molecule has 0 atom stereocenters. The second-order valence-corrected chi connectivity index (χ2v) is 6.30. The quantitative estimate of drug-likeness (QED) is 0.690. The largest absolute Gasteiger partial charge is 0.494 e. The summed E-state index contributed by atoms with van der Waals surface area (Å²) in [5.41, 5.74) is 2.22. The zero-order chi connectivity index (χ0) is 19.8. The predicted octanol–water partition coefficient (Wildman–Crippen LogP) is 3.00. The number of rotatable bonds is 4. The third kappa shape index (κ3) is 2.77. The third-order valence-corrected chi connectivity index (χ3v) is 4.87. The number of ether oxygens (including phenoxy) is 3. The number of carbonyl (C=O) groups is 1. The summed E-state index contributed by atoms with van der Waals surface area (Å²) in [6, 6.07) is 6.27. The summed E-state index contributed by atoms with van der Waals surface area (Å²) >= 11 is 0. The lowest BCUT2D eigenvalue weighted by Gasteiger charge is -2.29. The maximum Gasteiger partial charge on any atom is 0.258 e. The van der Waals surface area contributed by atoms with Crippen molar-refractivity contribution in [1.82, 2.24) is 10.2 Å². The highest BCUT2D eigenvalue weighted by atomic mass is 19.1. The van der Waals surface area contributed by atoms with E-state index in [0.29, 0.717) is 46.6 Å². The van der Waals surface area contributed by atoms with E-state index in [1.807, 2.05) is 0 Å². The summed E-state index contributed by atoms with van der Waals surface area (Å²) in [5.74, 6) is 0.302. The van der Waals surface area contributed by atoms with Crippen LogP contribution in [0.1, 0.15) is 15.9 Å². The molecular formula is C20H18FN3O4. The van der Waals surface area contributed by atoms with Gasteiger partial charge < -0.3 is 19.1 Å². The van der Waals surface area contributed by atoms with Crippen molar-refractivity contribution in [3.05, 3.63) is 47.4 Å². The Bertz CT molecular complexity index is 1090. The van der Waals surface area contributed by atoms with E-state index in [9.17, 15) is 9.18 Å². The third-order valence-electron chi connectivity index (χ3n) is 4.87. The van der Waals surface area contributed by atoms with Gasteiger partial charge in [0.05, 0.1) is 38.7 Å². The number of hydrogen-bond acceptors (Lipinski definition) is 6. The van der Waals surface area contributed by atoms with Crippen molar-refractivity contribution in [2.45, 2.75) is 6.42 Å². The van der Waals surface area contributed by atoms with Gasteiger partial charge in [-0.25, -0.2) is 4.39 Å². The fourth-order valence-corrected chi connectivity index (χ4v) is 3.45. The number of nitrogens with zero attached hydrogens (tertiary/aromatic N) is 3. The Labute approximate surface area is 160 Å². The molecule has 1 aliphatic rings. The van der Waals surface area contributed by atoms with Crippen molar-refractivity contribution in [3.63, 3.8) is 0 Å². The van der Waals surface area contributed by atoms with Gasteiger partial charge in [-0.3, -0.25) is 4.79 Å². The predicted molar refractivity (Wildman–Crippen MR) is 101 cm³/mol. The molecule has 1 amide bonds. The molecule has 0 saturated carbocycles. The smallest absolute Gasteiger partial charge is 0.258 e. The molecule has 2 aromatic carbocycles. The molecule has 0 saturated heterocycles. The minimum absolute atomic E-state index is 0.132. The monoisotopic (exact) mass is 383 g/mol. The van der Waals surface area contributed by atoms with Crippen LogP contribution in [0.15, 0.2) is 30.5 Å². The average molecular weight is 383 g/mol. The van der Waals surface area contributed by atoms with Gasteiger partial charge in [-0.2, -0.15) is 10.2 Å². The molecule has 144 valence electrons. The van der Waals surface area contributed by atoms with Crippen molar-refractivity contribution >= 4 is 22.5 Å². The molecule has 3 aromatic rings. The molecule has 8 heteroatoms.